The minimum atomic E-state index is -0.386. The van der Waals surface area contributed by atoms with Gasteiger partial charge in [0.1, 0.15) is 5.75 Å². The van der Waals surface area contributed by atoms with Crippen molar-refractivity contribution in [3.8, 4) is 5.75 Å². The lowest BCUT2D eigenvalue weighted by Gasteiger charge is -2.13. The summed E-state index contributed by atoms with van der Waals surface area (Å²) in [5.41, 5.74) is 0.837. The van der Waals surface area contributed by atoms with Crippen molar-refractivity contribution in [2.45, 2.75) is 6.29 Å². The molecule has 1 heterocycles. The van der Waals surface area contributed by atoms with Crippen LogP contribution >= 0.6 is 0 Å². The van der Waals surface area contributed by atoms with E-state index in [4.69, 9.17) is 14.2 Å². The van der Waals surface area contributed by atoms with Crippen molar-refractivity contribution in [3.63, 3.8) is 0 Å². The second kappa shape index (κ2) is 4.79. The van der Waals surface area contributed by atoms with Crippen molar-refractivity contribution < 1.29 is 14.2 Å². The molecule has 0 amide bonds. The van der Waals surface area contributed by atoms with Gasteiger partial charge in [0.15, 0.2) is 6.29 Å². The first-order valence-electron chi connectivity index (χ1n) is 3.86. The van der Waals surface area contributed by atoms with Gasteiger partial charge in [0.2, 0.25) is 0 Å². The van der Waals surface area contributed by atoms with Crippen LogP contribution in [0.25, 0.3) is 0 Å². The molecule has 0 saturated carbocycles. The predicted molar refractivity (Wildman–Crippen MR) is 47.5 cm³/mol. The molecule has 4 nitrogen and oxygen atoms in total. The number of ether oxygens (including phenoxy) is 3. The third-order valence-corrected chi connectivity index (χ3v) is 1.67. The van der Waals surface area contributed by atoms with Crippen LogP contribution in [0.4, 0.5) is 0 Å². The van der Waals surface area contributed by atoms with Crippen molar-refractivity contribution in [2.24, 2.45) is 0 Å². The molecule has 72 valence electrons. The molecule has 0 bridgehead atoms. The Labute approximate surface area is 77.5 Å². The maximum atomic E-state index is 5.07. The van der Waals surface area contributed by atoms with Gasteiger partial charge in [-0.3, -0.25) is 4.98 Å². The van der Waals surface area contributed by atoms with Gasteiger partial charge in [0.05, 0.1) is 13.3 Å². The lowest BCUT2D eigenvalue weighted by Crippen LogP contribution is -2.04. The standard InChI is InChI=1S/C9H13NO3/c1-11-8-4-7(5-10-6-8)9(12-2)13-3/h4-6,9H,1-3H3. The minimum absolute atomic E-state index is 0.386. The molecule has 1 rings (SSSR count). The largest absolute Gasteiger partial charge is 0.495 e. The molecule has 4 heteroatoms. The van der Waals surface area contributed by atoms with E-state index in [-0.39, 0.29) is 6.29 Å². The molecule has 0 radical (unpaired) electrons. The van der Waals surface area contributed by atoms with Crippen LogP contribution in [0.5, 0.6) is 5.75 Å². The predicted octanol–water partition coefficient (Wildman–Crippen LogP) is 1.38. The second-order valence-corrected chi connectivity index (χ2v) is 2.46. The number of hydrogen-bond acceptors (Lipinski definition) is 4. The van der Waals surface area contributed by atoms with Gasteiger partial charge >= 0.3 is 0 Å². The molecule has 0 aliphatic rings. The van der Waals surface area contributed by atoms with E-state index in [1.54, 1.807) is 33.7 Å². The van der Waals surface area contributed by atoms with E-state index in [0.29, 0.717) is 5.75 Å². The SMILES string of the molecule is COc1cncc(C(OC)OC)c1. The molecular weight excluding hydrogens is 170 g/mol. The van der Waals surface area contributed by atoms with Crippen LogP contribution in [0, 0.1) is 0 Å². The highest BCUT2D eigenvalue weighted by Gasteiger charge is 2.09. The number of hydrogen-bond donors (Lipinski definition) is 0. The quantitative estimate of drug-likeness (QED) is 0.661. The van der Waals surface area contributed by atoms with Crippen LogP contribution in [-0.2, 0) is 9.47 Å². The van der Waals surface area contributed by atoms with Gasteiger partial charge in [-0.15, -0.1) is 0 Å². The molecule has 0 saturated heterocycles. The minimum Gasteiger partial charge on any atom is -0.495 e. The average Bonchev–Trinajstić information content (AvgIpc) is 2.20. The third kappa shape index (κ3) is 2.40. The summed E-state index contributed by atoms with van der Waals surface area (Å²) in [6.07, 6.45) is 2.93. The van der Waals surface area contributed by atoms with Gasteiger partial charge in [-0.2, -0.15) is 0 Å². The molecule has 13 heavy (non-hydrogen) atoms. The smallest absolute Gasteiger partial charge is 0.184 e. The Balaban J connectivity index is 2.86. The molecule has 0 spiro atoms. The van der Waals surface area contributed by atoms with E-state index in [1.807, 2.05) is 6.07 Å². The number of pyridine rings is 1. The monoisotopic (exact) mass is 183 g/mol. The topological polar surface area (TPSA) is 40.6 Å². The zero-order valence-electron chi connectivity index (χ0n) is 7.98. The Bertz CT molecular complexity index is 261. The van der Waals surface area contributed by atoms with E-state index in [2.05, 4.69) is 4.98 Å². The highest BCUT2D eigenvalue weighted by molar-refractivity contribution is 5.24. The summed E-state index contributed by atoms with van der Waals surface area (Å²) in [5, 5.41) is 0. The first kappa shape index (κ1) is 9.95. The summed E-state index contributed by atoms with van der Waals surface area (Å²) in [4.78, 5) is 3.99. The van der Waals surface area contributed by atoms with Crippen LogP contribution in [0.2, 0.25) is 0 Å². The molecule has 0 aliphatic heterocycles. The second-order valence-electron chi connectivity index (χ2n) is 2.46. The van der Waals surface area contributed by atoms with E-state index < -0.39 is 0 Å². The third-order valence-electron chi connectivity index (χ3n) is 1.67. The van der Waals surface area contributed by atoms with E-state index in [0.717, 1.165) is 5.56 Å². The molecule has 0 atom stereocenters. The van der Waals surface area contributed by atoms with Crippen molar-refractivity contribution in [3.05, 3.63) is 24.0 Å². The zero-order chi connectivity index (χ0) is 9.68. The van der Waals surface area contributed by atoms with Gasteiger partial charge in [-0.25, -0.2) is 0 Å². The maximum Gasteiger partial charge on any atom is 0.184 e. The lowest BCUT2D eigenvalue weighted by molar-refractivity contribution is -0.106. The maximum absolute atomic E-state index is 5.07. The Morgan fingerprint density at radius 3 is 2.38 bits per heavy atom. The van der Waals surface area contributed by atoms with Crippen LogP contribution in [0.3, 0.4) is 0 Å². The molecule has 0 unspecified atom stereocenters. The first-order valence-corrected chi connectivity index (χ1v) is 3.86. The number of aromatic nitrogens is 1. The highest BCUT2D eigenvalue weighted by atomic mass is 16.7. The molecule has 0 N–H and O–H groups in total. The van der Waals surface area contributed by atoms with Gasteiger partial charge in [0.25, 0.3) is 0 Å². The first-order chi connectivity index (χ1) is 6.31. The van der Waals surface area contributed by atoms with Crippen molar-refractivity contribution >= 4 is 0 Å². The summed E-state index contributed by atoms with van der Waals surface area (Å²) in [6.45, 7) is 0. The van der Waals surface area contributed by atoms with Gasteiger partial charge in [-0.05, 0) is 6.07 Å². The van der Waals surface area contributed by atoms with E-state index in [9.17, 15) is 0 Å². The fourth-order valence-electron chi connectivity index (χ4n) is 1.04. The Kier molecular flexibility index (Phi) is 3.67. The number of nitrogens with zero attached hydrogens (tertiary/aromatic N) is 1. The summed E-state index contributed by atoms with van der Waals surface area (Å²) >= 11 is 0. The molecule has 1 aromatic rings. The van der Waals surface area contributed by atoms with Gasteiger partial charge in [-0.1, -0.05) is 0 Å². The summed E-state index contributed by atoms with van der Waals surface area (Å²) in [7, 11) is 4.75. The van der Waals surface area contributed by atoms with Crippen molar-refractivity contribution in [2.75, 3.05) is 21.3 Å². The fourth-order valence-corrected chi connectivity index (χ4v) is 1.04. The Hall–Kier alpha value is -1.13. The van der Waals surface area contributed by atoms with Crippen molar-refractivity contribution in [1.82, 2.24) is 4.98 Å². The van der Waals surface area contributed by atoms with Crippen LogP contribution in [-0.4, -0.2) is 26.3 Å². The lowest BCUT2D eigenvalue weighted by atomic mass is 10.2. The number of methoxy groups -OCH3 is 3. The zero-order valence-corrected chi connectivity index (χ0v) is 7.98. The molecule has 0 aliphatic carbocycles. The van der Waals surface area contributed by atoms with Crippen LogP contribution in [0.15, 0.2) is 18.5 Å². The van der Waals surface area contributed by atoms with E-state index >= 15 is 0 Å². The van der Waals surface area contributed by atoms with Crippen LogP contribution in [0.1, 0.15) is 11.9 Å². The fraction of sp³-hybridized carbons (Fsp3) is 0.444. The Morgan fingerprint density at radius 1 is 1.15 bits per heavy atom. The summed E-state index contributed by atoms with van der Waals surface area (Å²) in [6, 6.07) is 1.82. The molecule has 1 aromatic heterocycles. The van der Waals surface area contributed by atoms with Gasteiger partial charge in [0, 0.05) is 26.0 Å². The van der Waals surface area contributed by atoms with Crippen molar-refractivity contribution in [1.29, 1.82) is 0 Å². The Morgan fingerprint density at radius 2 is 1.85 bits per heavy atom. The average molecular weight is 183 g/mol. The highest BCUT2D eigenvalue weighted by Crippen LogP contribution is 2.19. The molecular formula is C9H13NO3. The summed E-state index contributed by atoms with van der Waals surface area (Å²) < 4.78 is 15.2. The molecule has 0 fully saturated rings. The van der Waals surface area contributed by atoms with Gasteiger partial charge < -0.3 is 14.2 Å². The van der Waals surface area contributed by atoms with Crippen LogP contribution < -0.4 is 4.74 Å². The normalized spacial score (nSPS) is 10.5. The molecule has 0 aromatic carbocycles. The number of rotatable bonds is 4. The van der Waals surface area contributed by atoms with E-state index in [1.165, 1.54) is 0 Å². The summed E-state index contributed by atoms with van der Waals surface area (Å²) in [5.74, 6) is 0.691.